The van der Waals surface area contributed by atoms with Gasteiger partial charge >= 0.3 is 0 Å². The lowest BCUT2D eigenvalue weighted by atomic mass is 10.0. The topological polar surface area (TPSA) is 74.2 Å². The fraction of sp³-hybridized carbons (Fsp3) is 0.111. The zero-order chi connectivity index (χ0) is 17.8. The first-order valence-electron chi connectivity index (χ1n) is 7.58. The molecule has 0 saturated carbocycles. The van der Waals surface area contributed by atoms with Gasteiger partial charge in [-0.1, -0.05) is 18.2 Å². The van der Waals surface area contributed by atoms with Gasteiger partial charge in [0.25, 0.3) is 5.91 Å². The van der Waals surface area contributed by atoms with Crippen LogP contribution in [0.4, 0.5) is 10.2 Å². The molecule has 0 spiro atoms. The van der Waals surface area contributed by atoms with Crippen molar-refractivity contribution in [1.29, 1.82) is 0 Å². The average Bonchev–Trinajstić information content (AvgIpc) is 3.14. The number of hydrogen-bond acceptors (Lipinski definition) is 5. The van der Waals surface area contributed by atoms with E-state index in [0.717, 1.165) is 0 Å². The van der Waals surface area contributed by atoms with E-state index in [-0.39, 0.29) is 11.7 Å². The highest BCUT2D eigenvalue weighted by Crippen LogP contribution is 2.27. The number of nitrogens with one attached hydrogen (secondary N) is 2. The second-order valence-electron chi connectivity index (χ2n) is 5.41. The van der Waals surface area contributed by atoms with Crippen LogP contribution in [-0.2, 0) is 0 Å². The van der Waals surface area contributed by atoms with Gasteiger partial charge in [-0.25, -0.2) is 9.37 Å². The molecule has 2 aromatic heterocycles. The minimum absolute atomic E-state index is 0.306. The van der Waals surface area contributed by atoms with Crippen molar-refractivity contribution in [3.8, 4) is 11.1 Å². The van der Waals surface area contributed by atoms with Crippen LogP contribution in [0.15, 0.2) is 53.2 Å². The van der Waals surface area contributed by atoms with Gasteiger partial charge in [0, 0.05) is 10.9 Å². The first kappa shape index (κ1) is 17.1. The van der Waals surface area contributed by atoms with E-state index in [1.165, 1.54) is 17.4 Å². The number of carbonyl (C=O) groups excluding carboxylic acids is 1. The highest BCUT2D eigenvalue weighted by Gasteiger charge is 2.12. The van der Waals surface area contributed by atoms with Crippen LogP contribution in [0.25, 0.3) is 11.1 Å². The van der Waals surface area contributed by atoms with E-state index in [0.29, 0.717) is 28.2 Å². The Balaban J connectivity index is 1.88. The maximum atomic E-state index is 14.1. The van der Waals surface area contributed by atoms with E-state index in [9.17, 15) is 14.3 Å². The molecule has 3 aromatic rings. The number of halogens is 1. The van der Waals surface area contributed by atoms with Crippen LogP contribution < -0.4 is 10.9 Å². The van der Waals surface area contributed by atoms with Crippen molar-refractivity contribution in [1.82, 2.24) is 10.4 Å². The Bertz CT molecular complexity index is 882. The van der Waals surface area contributed by atoms with Crippen LogP contribution in [0.1, 0.15) is 29.1 Å². The van der Waals surface area contributed by atoms with Gasteiger partial charge in [-0.3, -0.25) is 15.6 Å². The minimum Gasteiger partial charge on any atom is -0.387 e. The molecule has 25 heavy (non-hydrogen) atoms. The number of pyridine rings is 1. The van der Waals surface area contributed by atoms with Crippen LogP contribution in [-0.4, -0.2) is 16.0 Å². The van der Waals surface area contributed by atoms with Gasteiger partial charge < -0.3 is 5.11 Å². The lowest BCUT2D eigenvalue weighted by Gasteiger charge is -2.13. The van der Waals surface area contributed by atoms with Crippen LogP contribution in [0.2, 0.25) is 0 Å². The first-order chi connectivity index (χ1) is 12.0. The molecule has 0 fully saturated rings. The molecule has 1 aromatic carbocycles. The van der Waals surface area contributed by atoms with Crippen LogP contribution in [0.5, 0.6) is 0 Å². The minimum atomic E-state index is -0.833. The van der Waals surface area contributed by atoms with E-state index < -0.39 is 6.10 Å². The number of hydrogen-bond donors (Lipinski definition) is 3. The summed E-state index contributed by atoms with van der Waals surface area (Å²) in [5.74, 6) is -0.378. The highest BCUT2D eigenvalue weighted by atomic mass is 32.1. The number of aromatic nitrogens is 1. The van der Waals surface area contributed by atoms with Crippen LogP contribution in [0.3, 0.4) is 0 Å². The summed E-state index contributed by atoms with van der Waals surface area (Å²) >= 11 is 1.42. The second kappa shape index (κ2) is 7.42. The highest BCUT2D eigenvalue weighted by molar-refractivity contribution is 7.08. The Kier molecular flexibility index (Phi) is 5.06. The van der Waals surface area contributed by atoms with Gasteiger partial charge in [0.1, 0.15) is 11.6 Å². The number of aliphatic hydroxyl groups excluding tert-OH is 1. The zero-order valence-electron chi connectivity index (χ0n) is 13.4. The number of anilines is 1. The van der Waals surface area contributed by atoms with E-state index in [4.69, 9.17) is 0 Å². The first-order valence-corrected chi connectivity index (χ1v) is 8.52. The second-order valence-corrected chi connectivity index (χ2v) is 6.19. The van der Waals surface area contributed by atoms with Gasteiger partial charge in [0.05, 0.1) is 17.4 Å². The van der Waals surface area contributed by atoms with Crippen molar-refractivity contribution >= 4 is 23.1 Å². The normalized spacial score (nSPS) is 11.8. The number of rotatable bonds is 5. The molecule has 1 unspecified atom stereocenters. The molecule has 7 heteroatoms. The molecule has 3 N–H and O–H groups in total. The number of thiophene rings is 1. The summed E-state index contributed by atoms with van der Waals surface area (Å²) in [4.78, 5) is 16.2. The molecule has 128 valence electrons. The van der Waals surface area contributed by atoms with Crippen molar-refractivity contribution in [3.05, 3.63) is 70.3 Å². The number of amides is 1. The number of carbonyl (C=O) groups is 1. The molecule has 1 atom stereocenters. The van der Waals surface area contributed by atoms with E-state index in [1.54, 1.807) is 54.1 Å². The van der Waals surface area contributed by atoms with Crippen LogP contribution >= 0.6 is 11.3 Å². The summed E-state index contributed by atoms with van der Waals surface area (Å²) in [6.45, 7) is 1.57. The van der Waals surface area contributed by atoms with E-state index in [1.807, 2.05) is 0 Å². The summed E-state index contributed by atoms with van der Waals surface area (Å²) in [7, 11) is 0. The maximum absolute atomic E-state index is 14.1. The molecule has 3 rings (SSSR count). The average molecular weight is 357 g/mol. The molecule has 0 aliphatic heterocycles. The molecule has 2 heterocycles. The van der Waals surface area contributed by atoms with Crippen molar-refractivity contribution in [3.63, 3.8) is 0 Å². The Labute approximate surface area is 148 Å². The Morgan fingerprint density at radius 1 is 1.28 bits per heavy atom. The van der Waals surface area contributed by atoms with E-state index in [2.05, 4.69) is 15.8 Å². The third kappa shape index (κ3) is 4.01. The lowest BCUT2D eigenvalue weighted by Crippen LogP contribution is -2.29. The van der Waals surface area contributed by atoms with Gasteiger partial charge in [0.15, 0.2) is 0 Å². The molecule has 0 aliphatic carbocycles. The Hall–Kier alpha value is -2.77. The molecule has 0 saturated heterocycles. The summed E-state index contributed by atoms with van der Waals surface area (Å²) in [5.41, 5.74) is 7.09. The van der Waals surface area contributed by atoms with Crippen molar-refractivity contribution in [2.75, 3.05) is 5.43 Å². The Morgan fingerprint density at radius 3 is 2.76 bits per heavy atom. The summed E-state index contributed by atoms with van der Waals surface area (Å²) in [6.07, 6.45) is -0.833. The SMILES string of the molecule is CC(O)c1cc(-c2ccccc2F)cc(NNC(=O)c2ccsc2)n1. The smallest absolute Gasteiger partial charge is 0.270 e. The standard InChI is InChI=1S/C18H16FN3O2S/c1-11(23)16-8-13(14-4-2-3-5-15(14)19)9-17(20-16)21-22-18(24)12-6-7-25-10-12/h2-11,23H,1H3,(H,20,21)(H,22,24). The zero-order valence-corrected chi connectivity index (χ0v) is 14.2. The molecule has 0 aliphatic rings. The van der Waals surface area contributed by atoms with E-state index >= 15 is 0 Å². The quantitative estimate of drug-likeness (QED) is 0.608. The predicted molar refractivity (Wildman–Crippen MR) is 95.7 cm³/mol. The fourth-order valence-corrected chi connectivity index (χ4v) is 2.90. The third-order valence-electron chi connectivity index (χ3n) is 3.55. The van der Waals surface area contributed by atoms with Crippen LogP contribution in [0, 0.1) is 5.82 Å². The predicted octanol–water partition coefficient (Wildman–Crippen LogP) is 3.76. The van der Waals surface area contributed by atoms with Crippen molar-refractivity contribution in [2.24, 2.45) is 0 Å². The van der Waals surface area contributed by atoms with Gasteiger partial charge in [-0.05, 0) is 42.1 Å². The summed E-state index contributed by atoms with van der Waals surface area (Å²) in [6, 6.07) is 11.3. The number of aliphatic hydroxyl groups is 1. The lowest BCUT2D eigenvalue weighted by molar-refractivity contribution is 0.0963. The Morgan fingerprint density at radius 2 is 2.08 bits per heavy atom. The molecule has 1 amide bonds. The molecular weight excluding hydrogens is 341 g/mol. The monoisotopic (exact) mass is 357 g/mol. The maximum Gasteiger partial charge on any atom is 0.270 e. The molecule has 5 nitrogen and oxygen atoms in total. The van der Waals surface area contributed by atoms with Crippen molar-refractivity contribution in [2.45, 2.75) is 13.0 Å². The molecular formula is C18H16FN3O2S. The molecule has 0 radical (unpaired) electrons. The summed E-state index contributed by atoms with van der Waals surface area (Å²) < 4.78 is 14.1. The third-order valence-corrected chi connectivity index (χ3v) is 4.23. The molecule has 0 bridgehead atoms. The number of benzene rings is 1. The van der Waals surface area contributed by atoms with Gasteiger partial charge in [-0.2, -0.15) is 11.3 Å². The number of hydrazine groups is 1. The summed E-state index contributed by atoms with van der Waals surface area (Å²) in [5, 5.41) is 13.4. The largest absolute Gasteiger partial charge is 0.387 e. The van der Waals surface area contributed by atoms with Gasteiger partial charge in [-0.15, -0.1) is 0 Å². The fourth-order valence-electron chi connectivity index (χ4n) is 2.27. The number of nitrogens with zero attached hydrogens (tertiary/aromatic N) is 1. The van der Waals surface area contributed by atoms with Gasteiger partial charge in [0.2, 0.25) is 0 Å². The van der Waals surface area contributed by atoms with Crippen molar-refractivity contribution < 1.29 is 14.3 Å².